The number of ether oxygens (including phenoxy) is 1. The van der Waals surface area contributed by atoms with E-state index in [1.54, 1.807) is 91.0 Å². The largest absolute Gasteiger partial charge is 0.465 e. The summed E-state index contributed by atoms with van der Waals surface area (Å²) in [5, 5.41) is 39.6. The van der Waals surface area contributed by atoms with E-state index in [2.05, 4.69) is 73.9 Å². The fourth-order valence-corrected chi connectivity index (χ4v) is 7.67. The Morgan fingerprint density at radius 2 is 0.849 bits per heavy atom. The minimum Gasteiger partial charge on any atom is -0.465 e. The van der Waals surface area contributed by atoms with E-state index in [1.807, 2.05) is 18.2 Å². The Balaban J connectivity index is 0.000000161. The van der Waals surface area contributed by atoms with E-state index in [1.165, 1.54) is 25.3 Å². The van der Waals surface area contributed by atoms with Crippen LogP contribution in [0.1, 0.15) is 64.1 Å². The molecule has 22 heteroatoms. The van der Waals surface area contributed by atoms with Crippen LogP contribution in [0.25, 0.3) is 32.7 Å². The van der Waals surface area contributed by atoms with Crippen molar-refractivity contribution in [3.63, 3.8) is 0 Å². The van der Waals surface area contributed by atoms with Crippen molar-refractivity contribution >= 4 is 114 Å². The smallest absolute Gasteiger partial charge is 0.337 e. The van der Waals surface area contributed by atoms with Crippen molar-refractivity contribution in [1.82, 2.24) is 46.5 Å². The van der Waals surface area contributed by atoms with Crippen molar-refractivity contribution < 1.29 is 29.0 Å². The standard InChI is InChI=1S/C18H14ClN3O4.C17H14ClN3O3.C16H11ClIN3O2/c1-26-18(25)11-4-7-14-13(8-11)16(23)15(22-21-14)17(24)20-9-10-2-5-12(19)6-3-10;18-12-4-1-10(2-5-12)8-19-17(24)15-16(23)13-7-11(9-22)3-6-14(13)20-21-15;17-10-3-1-9(2-4-10)8-19-16(23)14-15(22)12-7-11(18)5-6-13(12)20-21-14/h2-8H,9H2,1H3,(H,20,24)(H,21,23);1-7,22H,8-9H2,(H,19,24)(H,20,23);1-7H,8H2,(H,19,23)(H,20,22). The van der Waals surface area contributed by atoms with Gasteiger partial charge < -0.3 is 25.8 Å². The Labute approximate surface area is 441 Å². The molecule has 0 aliphatic rings. The molecule has 0 aliphatic carbocycles. The van der Waals surface area contributed by atoms with Crippen LogP contribution in [0, 0.1) is 3.57 Å². The molecule has 0 fully saturated rings. The topological polar surface area (TPSA) is 271 Å². The number of hydrogen-bond acceptors (Lipinski definition) is 12. The molecule has 3 heterocycles. The fourth-order valence-electron chi connectivity index (χ4n) is 6.80. The highest BCUT2D eigenvalue weighted by atomic mass is 127. The van der Waals surface area contributed by atoms with Gasteiger partial charge in [-0.3, -0.25) is 44.1 Å². The summed E-state index contributed by atoms with van der Waals surface area (Å²) < 4.78 is 5.56. The van der Waals surface area contributed by atoms with E-state index in [0.29, 0.717) is 54.5 Å². The first-order chi connectivity index (χ1) is 35.1. The Bertz CT molecular complexity index is 3710. The number of aromatic nitrogens is 6. The quantitative estimate of drug-likeness (QED) is 0.0493. The molecule has 0 spiro atoms. The zero-order valence-corrected chi connectivity index (χ0v) is 42.4. The number of esters is 1. The maximum atomic E-state index is 12.6. The molecule has 0 saturated heterocycles. The van der Waals surface area contributed by atoms with Crippen LogP contribution in [-0.2, 0) is 31.0 Å². The monoisotopic (exact) mass is 1150 g/mol. The number of carbonyl (C=O) groups excluding carboxylic acids is 4. The molecular formula is C51H39Cl3IN9O9. The first-order valence-corrected chi connectivity index (χ1v) is 23.8. The number of methoxy groups -OCH3 is 1. The molecule has 9 rings (SSSR count). The van der Waals surface area contributed by atoms with Crippen molar-refractivity contribution in [2.75, 3.05) is 7.11 Å². The first kappa shape index (κ1) is 53.0. The van der Waals surface area contributed by atoms with Gasteiger partial charge in [0, 0.05) is 43.7 Å². The van der Waals surface area contributed by atoms with Gasteiger partial charge in [0.25, 0.3) is 17.7 Å². The van der Waals surface area contributed by atoms with E-state index in [9.17, 15) is 38.7 Å². The molecule has 3 aromatic heterocycles. The lowest BCUT2D eigenvalue weighted by molar-refractivity contribution is 0.0600. The van der Waals surface area contributed by atoms with Crippen LogP contribution in [-0.4, -0.2) is 66.5 Å². The number of aliphatic hydroxyl groups is 1. The predicted molar refractivity (Wildman–Crippen MR) is 285 cm³/mol. The molecular weight excluding hydrogens is 1120 g/mol. The summed E-state index contributed by atoms with van der Waals surface area (Å²) >= 11 is 19.6. The van der Waals surface area contributed by atoms with Crippen LogP contribution in [0.2, 0.25) is 15.1 Å². The molecule has 73 heavy (non-hydrogen) atoms. The van der Waals surface area contributed by atoms with E-state index in [-0.39, 0.29) is 53.2 Å². The summed E-state index contributed by atoms with van der Waals surface area (Å²) in [6.45, 7) is 0.584. The van der Waals surface area contributed by atoms with E-state index >= 15 is 0 Å². The summed E-state index contributed by atoms with van der Waals surface area (Å²) in [6, 6.07) is 35.7. The van der Waals surface area contributed by atoms with Crippen LogP contribution in [0.15, 0.2) is 142 Å². The third-order valence-corrected chi connectivity index (χ3v) is 12.1. The molecule has 0 radical (unpaired) electrons. The lowest BCUT2D eigenvalue weighted by Crippen LogP contribution is -2.30. The average Bonchev–Trinajstić information content (AvgIpc) is 3.40. The zero-order chi connectivity index (χ0) is 52.2. The summed E-state index contributed by atoms with van der Waals surface area (Å²) in [4.78, 5) is 85.8. The summed E-state index contributed by atoms with van der Waals surface area (Å²) in [5.41, 5.74) is 2.81. The summed E-state index contributed by atoms with van der Waals surface area (Å²) in [7, 11) is 1.25. The molecule has 3 amide bonds. The van der Waals surface area contributed by atoms with Gasteiger partial charge >= 0.3 is 5.97 Å². The maximum Gasteiger partial charge on any atom is 0.337 e. The number of aromatic amines is 3. The second-order valence-corrected chi connectivity index (χ2v) is 18.2. The Kier molecular flexibility index (Phi) is 17.8. The van der Waals surface area contributed by atoms with Crippen LogP contribution in [0.5, 0.6) is 0 Å². The van der Waals surface area contributed by atoms with E-state index in [4.69, 9.17) is 34.8 Å². The zero-order valence-electron chi connectivity index (χ0n) is 38.0. The van der Waals surface area contributed by atoms with Gasteiger partial charge in [0.15, 0.2) is 17.1 Å². The molecule has 0 bridgehead atoms. The van der Waals surface area contributed by atoms with Crippen molar-refractivity contribution in [3.8, 4) is 0 Å². The molecule has 0 saturated carbocycles. The number of benzene rings is 6. The highest BCUT2D eigenvalue weighted by Gasteiger charge is 2.19. The number of fused-ring (bicyclic) bond motifs is 3. The number of nitrogens with zero attached hydrogens (tertiary/aromatic N) is 3. The minimum absolute atomic E-state index is 0.145. The van der Waals surface area contributed by atoms with Crippen LogP contribution in [0.4, 0.5) is 0 Å². The predicted octanol–water partition coefficient (Wildman–Crippen LogP) is 7.40. The second kappa shape index (κ2) is 24.5. The lowest BCUT2D eigenvalue weighted by atomic mass is 10.1. The molecule has 0 aliphatic heterocycles. The first-order valence-electron chi connectivity index (χ1n) is 21.6. The van der Waals surface area contributed by atoms with Gasteiger partial charge in [-0.05, 0) is 130 Å². The van der Waals surface area contributed by atoms with Gasteiger partial charge in [-0.1, -0.05) is 77.3 Å². The molecule has 0 unspecified atom stereocenters. The van der Waals surface area contributed by atoms with Crippen LogP contribution >= 0.6 is 57.4 Å². The summed E-state index contributed by atoms with van der Waals surface area (Å²) in [5.74, 6) is -2.27. The van der Waals surface area contributed by atoms with Crippen LogP contribution in [0.3, 0.4) is 0 Å². The number of rotatable bonds is 11. The minimum atomic E-state index is -0.619. The Hall–Kier alpha value is -7.82. The number of halogens is 4. The molecule has 6 aromatic carbocycles. The number of hydrogen-bond donors (Lipinski definition) is 7. The number of aliphatic hydroxyl groups excluding tert-OH is 1. The van der Waals surface area contributed by atoms with Gasteiger partial charge in [0.05, 0.1) is 46.6 Å². The number of amides is 3. The Morgan fingerprint density at radius 1 is 0.507 bits per heavy atom. The molecule has 370 valence electrons. The third kappa shape index (κ3) is 13.6. The number of H-pyrrole nitrogens is 3. The van der Waals surface area contributed by atoms with Gasteiger partial charge in [-0.25, -0.2) is 4.79 Å². The van der Waals surface area contributed by atoms with Gasteiger partial charge in [0.1, 0.15) is 0 Å². The highest BCUT2D eigenvalue weighted by molar-refractivity contribution is 14.1. The average molecular weight is 1160 g/mol. The maximum absolute atomic E-state index is 12.6. The van der Waals surface area contributed by atoms with Crippen molar-refractivity contribution in [2.24, 2.45) is 0 Å². The molecule has 9 aromatic rings. The van der Waals surface area contributed by atoms with Gasteiger partial charge in [-0.2, -0.15) is 15.3 Å². The van der Waals surface area contributed by atoms with E-state index in [0.717, 1.165) is 20.3 Å². The SMILES string of the molecule is COC(=O)c1ccc2[nH]nc(C(=O)NCc3ccc(Cl)cc3)c(=O)c2c1.O=C(NCc1ccc(Cl)cc1)c1n[nH]c2ccc(CO)cc2c1=O.O=C(NCc1ccc(Cl)cc1)c1n[nH]c2ccc(I)cc2c1=O. The Morgan fingerprint density at radius 3 is 1.23 bits per heavy atom. The van der Waals surface area contributed by atoms with Crippen molar-refractivity contribution in [3.05, 3.63) is 222 Å². The van der Waals surface area contributed by atoms with Crippen molar-refractivity contribution in [2.45, 2.75) is 26.2 Å². The normalized spacial score (nSPS) is 10.7. The van der Waals surface area contributed by atoms with Gasteiger partial charge in [0.2, 0.25) is 16.3 Å². The molecule has 7 N–H and O–H groups in total. The molecule has 18 nitrogen and oxygen atoms in total. The second-order valence-electron chi connectivity index (χ2n) is 15.6. The highest BCUT2D eigenvalue weighted by Crippen LogP contribution is 2.16. The van der Waals surface area contributed by atoms with Crippen LogP contribution < -0.4 is 32.2 Å². The third-order valence-electron chi connectivity index (χ3n) is 10.7. The number of carbonyl (C=O) groups is 4. The van der Waals surface area contributed by atoms with Crippen molar-refractivity contribution in [1.29, 1.82) is 0 Å². The molecule has 0 atom stereocenters. The summed E-state index contributed by atoms with van der Waals surface area (Å²) in [6.07, 6.45) is 0. The fraction of sp³-hybridized carbons (Fsp3) is 0.0980. The lowest BCUT2D eigenvalue weighted by Gasteiger charge is -2.06. The van der Waals surface area contributed by atoms with Gasteiger partial charge in [-0.15, -0.1) is 0 Å². The van der Waals surface area contributed by atoms with E-state index < -0.39 is 34.5 Å². The number of nitrogens with one attached hydrogen (secondary N) is 6.